The quantitative estimate of drug-likeness (QED) is 0.910. The van der Waals surface area contributed by atoms with Crippen molar-refractivity contribution in [1.82, 2.24) is 20.5 Å². The molecule has 106 valence electrons. The van der Waals surface area contributed by atoms with Crippen LogP contribution >= 0.6 is 11.6 Å². The summed E-state index contributed by atoms with van der Waals surface area (Å²) in [6.07, 6.45) is 2.47. The van der Waals surface area contributed by atoms with Crippen molar-refractivity contribution in [3.8, 4) is 0 Å². The number of aromatic nitrogens is 3. The Kier molecular flexibility index (Phi) is 4.39. The zero-order chi connectivity index (χ0) is 14.7. The van der Waals surface area contributed by atoms with Crippen LogP contribution in [0.3, 0.4) is 0 Å². The molecule has 0 aliphatic heterocycles. The summed E-state index contributed by atoms with van der Waals surface area (Å²) in [5.74, 6) is -0.295. The monoisotopic (exact) mass is 292 g/mol. The lowest BCUT2D eigenvalue weighted by molar-refractivity contribution is 0.0929. The number of aryl methyl sites for hydroxylation is 2. The number of carbonyl (C=O) groups excluding carboxylic acids is 1. The molecule has 2 rings (SSSR count). The van der Waals surface area contributed by atoms with Gasteiger partial charge in [-0.25, -0.2) is 0 Å². The van der Waals surface area contributed by atoms with Gasteiger partial charge in [0.2, 0.25) is 0 Å². The SMILES string of the molecule is CC[C@H](NC(=O)c1n[nH]c(C)c1Cl)c1ncccc1C. The number of amides is 1. The van der Waals surface area contributed by atoms with Crippen LogP contribution in [0.15, 0.2) is 18.3 Å². The maximum absolute atomic E-state index is 12.2. The lowest BCUT2D eigenvalue weighted by Gasteiger charge is -2.17. The molecule has 6 heteroatoms. The van der Waals surface area contributed by atoms with Gasteiger partial charge in [0, 0.05) is 6.20 Å². The summed E-state index contributed by atoms with van der Waals surface area (Å²) in [6, 6.07) is 3.70. The number of pyridine rings is 1. The van der Waals surface area contributed by atoms with E-state index in [0.717, 1.165) is 17.7 Å². The molecule has 0 unspecified atom stereocenters. The van der Waals surface area contributed by atoms with Crippen LogP contribution in [0.4, 0.5) is 0 Å². The highest BCUT2D eigenvalue weighted by molar-refractivity contribution is 6.34. The van der Waals surface area contributed by atoms with Crippen LogP contribution in [0, 0.1) is 13.8 Å². The molecule has 20 heavy (non-hydrogen) atoms. The van der Waals surface area contributed by atoms with Crippen LogP contribution in [0.1, 0.15) is 46.8 Å². The number of hydrogen-bond donors (Lipinski definition) is 2. The van der Waals surface area contributed by atoms with Crippen molar-refractivity contribution < 1.29 is 4.79 Å². The Labute approximate surface area is 122 Å². The third-order valence-electron chi connectivity index (χ3n) is 3.18. The molecule has 1 amide bonds. The largest absolute Gasteiger partial charge is 0.342 e. The minimum Gasteiger partial charge on any atom is -0.342 e. The Morgan fingerprint density at radius 3 is 2.80 bits per heavy atom. The molecule has 2 heterocycles. The van der Waals surface area contributed by atoms with Gasteiger partial charge in [-0.3, -0.25) is 14.9 Å². The molecule has 5 nitrogen and oxygen atoms in total. The number of hydrogen-bond acceptors (Lipinski definition) is 3. The number of nitrogens with one attached hydrogen (secondary N) is 2. The number of carbonyl (C=O) groups is 1. The smallest absolute Gasteiger partial charge is 0.273 e. The van der Waals surface area contributed by atoms with Gasteiger partial charge < -0.3 is 5.32 Å². The molecule has 0 bridgehead atoms. The van der Waals surface area contributed by atoms with Crippen molar-refractivity contribution in [2.45, 2.75) is 33.2 Å². The van der Waals surface area contributed by atoms with Crippen molar-refractivity contribution in [1.29, 1.82) is 0 Å². The molecule has 0 aliphatic carbocycles. The minimum atomic E-state index is -0.295. The molecular formula is C14H17ClN4O. The first-order valence-corrected chi connectivity index (χ1v) is 6.85. The minimum absolute atomic E-state index is 0.156. The Bertz CT molecular complexity index is 623. The fourth-order valence-corrected chi connectivity index (χ4v) is 2.19. The van der Waals surface area contributed by atoms with Crippen LogP contribution < -0.4 is 5.32 Å². The Hall–Kier alpha value is -1.88. The molecule has 2 aromatic heterocycles. The van der Waals surface area contributed by atoms with Crippen LogP contribution in [0.25, 0.3) is 0 Å². The van der Waals surface area contributed by atoms with E-state index in [1.807, 2.05) is 26.0 Å². The Balaban J connectivity index is 2.21. The fourth-order valence-electron chi connectivity index (χ4n) is 2.02. The van der Waals surface area contributed by atoms with Crippen molar-refractivity contribution in [3.05, 3.63) is 46.0 Å². The van der Waals surface area contributed by atoms with Crippen LogP contribution in [-0.4, -0.2) is 21.1 Å². The lowest BCUT2D eigenvalue weighted by atomic mass is 10.1. The lowest BCUT2D eigenvalue weighted by Crippen LogP contribution is -2.29. The standard InChI is InChI=1S/C14H17ClN4O/c1-4-10(12-8(2)6-5-7-16-12)17-14(20)13-11(15)9(3)18-19-13/h5-7,10H,4H2,1-3H3,(H,17,20)(H,18,19)/t10-/m0/s1. The van der Waals surface area contributed by atoms with Gasteiger partial charge in [-0.2, -0.15) is 5.10 Å². The summed E-state index contributed by atoms with van der Waals surface area (Å²) in [5.41, 5.74) is 2.81. The highest BCUT2D eigenvalue weighted by Crippen LogP contribution is 2.21. The molecule has 2 aromatic rings. The number of halogens is 1. The summed E-state index contributed by atoms with van der Waals surface area (Å²) < 4.78 is 0. The molecule has 0 saturated carbocycles. The summed E-state index contributed by atoms with van der Waals surface area (Å²) in [4.78, 5) is 16.6. The summed E-state index contributed by atoms with van der Waals surface area (Å²) in [7, 11) is 0. The highest BCUT2D eigenvalue weighted by atomic mass is 35.5. The summed E-state index contributed by atoms with van der Waals surface area (Å²) in [5, 5.41) is 9.91. The van der Waals surface area contributed by atoms with Crippen LogP contribution in [0.5, 0.6) is 0 Å². The van der Waals surface area contributed by atoms with Gasteiger partial charge in [0.15, 0.2) is 5.69 Å². The van der Waals surface area contributed by atoms with E-state index < -0.39 is 0 Å². The van der Waals surface area contributed by atoms with Crippen molar-refractivity contribution in [3.63, 3.8) is 0 Å². The van der Waals surface area contributed by atoms with E-state index in [2.05, 4.69) is 20.5 Å². The van der Waals surface area contributed by atoms with Gasteiger partial charge in [0.05, 0.1) is 22.5 Å². The van der Waals surface area contributed by atoms with Gasteiger partial charge in [-0.05, 0) is 31.9 Å². The fraction of sp³-hybridized carbons (Fsp3) is 0.357. The zero-order valence-electron chi connectivity index (χ0n) is 11.7. The first-order chi connectivity index (χ1) is 9.54. The molecule has 0 fully saturated rings. The third-order valence-corrected chi connectivity index (χ3v) is 3.64. The van der Waals surface area contributed by atoms with Crippen LogP contribution in [0.2, 0.25) is 5.02 Å². The van der Waals surface area contributed by atoms with E-state index in [9.17, 15) is 4.79 Å². The second-order valence-corrected chi connectivity index (χ2v) is 5.03. The normalized spacial score (nSPS) is 12.2. The van der Waals surface area contributed by atoms with Gasteiger partial charge in [0.25, 0.3) is 5.91 Å². The Morgan fingerprint density at radius 1 is 1.50 bits per heavy atom. The summed E-state index contributed by atoms with van der Waals surface area (Å²) >= 11 is 6.04. The molecule has 0 radical (unpaired) electrons. The molecule has 1 atom stereocenters. The topological polar surface area (TPSA) is 70.7 Å². The van der Waals surface area contributed by atoms with Crippen molar-refractivity contribution in [2.24, 2.45) is 0 Å². The average molecular weight is 293 g/mol. The van der Waals surface area contributed by atoms with E-state index in [-0.39, 0.29) is 17.6 Å². The highest BCUT2D eigenvalue weighted by Gasteiger charge is 2.21. The summed E-state index contributed by atoms with van der Waals surface area (Å²) in [6.45, 7) is 5.74. The van der Waals surface area contributed by atoms with Crippen LogP contribution in [-0.2, 0) is 0 Å². The first kappa shape index (κ1) is 14.5. The number of rotatable bonds is 4. The molecule has 0 aliphatic rings. The maximum atomic E-state index is 12.2. The zero-order valence-corrected chi connectivity index (χ0v) is 12.5. The van der Waals surface area contributed by atoms with E-state index in [0.29, 0.717) is 10.7 Å². The predicted molar refractivity (Wildman–Crippen MR) is 77.8 cm³/mol. The average Bonchev–Trinajstić information content (AvgIpc) is 2.77. The van der Waals surface area contributed by atoms with Gasteiger partial charge in [-0.1, -0.05) is 24.6 Å². The van der Waals surface area contributed by atoms with Gasteiger partial charge in [0.1, 0.15) is 0 Å². The number of H-pyrrole nitrogens is 1. The number of nitrogens with zero attached hydrogens (tertiary/aromatic N) is 2. The van der Waals surface area contributed by atoms with Crippen molar-refractivity contribution in [2.75, 3.05) is 0 Å². The molecule has 0 saturated heterocycles. The van der Waals surface area contributed by atoms with Crippen molar-refractivity contribution >= 4 is 17.5 Å². The maximum Gasteiger partial charge on any atom is 0.273 e. The predicted octanol–water partition coefficient (Wildman–Crippen LogP) is 2.96. The van der Waals surface area contributed by atoms with E-state index in [4.69, 9.17) is 11.6 Å². The second-order valence-electron chi connectivity index (χ2n) is 4.65. The number of aromatic amines is 1. The van der Waals surface area contributed by atoms with E-state index in [1.165, 1.54) is 0 Å². The van der Waals surface area contributed by atoms with Gasteiger partial charge in [-0.15, -0.1) is 0 Å². The first-order valence-electron chi connectivity index (χ1n) is 6.47. The van der Waals surface area contributed by atoms with E-state index in [1.54, 1.807) is 13.1 Å². The van der Waals surface area contributed by atoms with Gasteiger partial charge >= 0.3 is 0 Å². The molecular weight excluding hydrogens is 276 g/mol. The second kappa shape index (κ2) is 6.05. The Morgan fingerprint density at radius 2 is 2.25 bits per heavy atom. The molecule has 2 N–H and O–H groups in total. The van der Waals surface area contributed by atoms with E-state index >= 15 is 0 Å². The molecule has 0 aromatic carbocycles. The molecule has 0 spiro atoms. The third kappa shape index (κ3) is 2.82.